The SMILES string of the molecule is CC(C)Sc1ccc(C(CC(=O)O)N(C)C)cc1. The maximum atomic E-state index is 10.9. The van der Waals surface area contributed by atoms with Gasteiger partial charge in [-0.25, -0.2) is 0 Å². The summed E-state index contributed by atoms with van der Waals surface area (Å²) in [6, 6.07) is 8.12. The molecule has 100 valence electrons. The summed E-state index contributed by atoms with van der Waals surface area (Å²) in [6.07, 6.45) is 0.129. The molecule has 1 aromatic rings. The lowest BCUT2D eigenvalue weighted by atomic mass is 10.0. The number of benzene rings is 1. The number of carboxylic acid groups (broad SMARTS) is 1. The molecule has 0 amide bonds. The lowest BCUT2D eigenvalue weighted by Gasteiger charge is -2.23. The van der Waals surface area contributed by atoms with Crippen LogP contribution in [0.3, 0.4) is 0 Å². The lowest BCUT2D eigenvalue weighted by Crippen LogP contribution is -2.22. The molecule has 0 spiro atoms. The molecule has 1 rings (SSSR count). The van der Waals surface area contributed by atoms with E-state index in [1.165, 1.54) is 4.90 Å². The molecular formula is C14H21NO2S. The van der Waals surface area contributed by atoms with Crippen molar-refractivity contribution in [1.29, 1.82) is 0 Å². The second kappa shape index (κ2) is 6.81. The van der Waals surface area contributed by atoms with Crippen molar-refractivity contribution >= 4 is 17.7 Å². The highest BCUT2D eigenvalue weighted by Gasteiger charge is 2.17. The quantitative estimate of drug-likeness (QED) is 0.803. The van der Waals surface area contributed by atoms with Crippen LogP contribution in [-0.4, -0.2) is 35.3 Å². The van der Waals surface area contributed by atoms with E-state index in [2.05, 4.69) is 26.0 Å². The van der Waals surface area contributed by atoms with E-state index in [0.717, 1.165) is 5.56 Å². The molecule has 0 aliphatic heterocycles. The summed E-state index contributed by atoms with van der Waals surface area (Å²) in [4.78, 5) is 14.0. The van der Waals surface area contributed by atoms with Gasteiger partial charge in [-0.3, -0.25) is 4.79 Å². The molecule has 0 radical (unpaired) electrons. The van der Waals surface area contributed by atoms with Crippen molar-refractivity contribution < 1.29 is 9.90 Å². The first kappa shape index (κ1) is 15.1. The van der Waals surface area contributed by atoms with Gasteiger partial charge in [0.25, 0.3) is 0 Å². The maximum Gasteiger partial charge on any atom is 0.305 e. The number of hydrogen-bond acceptors (Lipinski definition) is 3. The van der Waals surface area contributed by atoms with E-state index in [1.807, 2.05) is 42.9 Å². The third-order valence-electron chi connectivity index (χ3n) is 2.63. The van der Waals surface area contributed by atoms with Gasteiger partial charge in [0, 0.05) is 16.2 Å². The first-order valence-corrected chi connectivity index (χ1v) is 6.93. The molecule has 18 heavy (non-hydrogen) atoms. The highest BCUT2D eigenvalue weighted by molar-refractivity contribution is 7.99. The normalized spacial score (nSPS) is 13.0. The molecule has 0 heterocycles. The minimum absolute atomic E-state index is 0.0689. The summed E-state index contributed by atoms with van der Waals surface area (Å²) in [5.41, 5.74) is 1.05. The Balaban J connectivity index is 2.83. The van der Waals surface area contributed by atoms with E-state index in [-0.39, 0.29) is 12.5 Å². The molecule has 0 aromatic heterocycles. The molecule has 1 aromatic carbocycles. The number of nitrogens with zero attached hydrogens (tertiary/aromatic N) is 1. The molecule has 4 heteroatoms. The van der Waals surface area contributed by atoms with Crippen molar-refractivity contribution in [3.8, 4) is 0 Å². The largest absolute Gasteiger partial charge is 0.481 e. The molecule has 0 aliphatic rings. The van der Waals surface area contributed by atoms with Crippen LogP contribution < -0.4 is 0 Å². The van der Waals surface area contributed by atoms with Crippen LogP contribution in [0, 0.1) is 0 Å². The smallest absolute Gasteiger partial charge is 0.305 e. The topological polar surface area (TPSA) is 40.5 Å². The van der Waals surface area contributed by atoms with Gasteiger partial charge in [0.15, 0.2) is 0 Å². The predicted octanol–water partition coefficient (Wildman–Crippen LogP) is 3.26. The Bertz CT molecular complexity index is 387. The van der Waals surface area contributed by atoms with Gasteiger partial charge in [0.2, 0.25) is 0 Å². The van der Waals surface area contributed by atoms with Crippen LogP contribution in [0.25, 0.3) is 0 Å². The summed E-state index contributed by atoms with van der Waals surface area (Å²) in [7, 11) is 3.81. The molecule has 0 bridgehead atoms. The lowest BCUT2D eigenvalue weighted by molar-refractivity contribution is -0.138. The Morgan fingerprint density at radius 2 is 1.83 bits per heavy atom. The Morgan fingerprint density at radius 1 is 1.28 bits per heavy atom. The van der Waals surface area contributed by atoms with E-state index in [4.69, 9.17) is 5.11 Å². The fourth-order valence-corrected chi connectivity index (χ4v) is 2.64. The highest BCUT2D eigenvalue weighted by atomic mass is 32.2. The maximum absolute atomic E-state index is 10.9. The molecule has 0 saturated carbocycles. The van der Waals surface area contributed by atoms with Crippen LogP contribution in [0.15, 0.2) is 29.2 Å². The second-order valence-electron chi connectivity index (χ2n) is 4.81. The van der Waals surface area contributed by atoms with Crippen LogP contribution >= 0.6 is 11.8 Å². The number of carboxylic acids is 1. The fraction of sp³-hybridized carbons (Fsp3) is 0.500. The van der Waals surface area contributed by atoms with Crippen molar-refractivity contribution in [1.82, 2.24) is 4.90 Å². The molecule has 0 aliphatic carbocycles. The average molecular weight is 267 g/mol. The van der Waals surface area contributed by atoms with Gasteiger partial charge in [0.1, 0.15) is 0 Å². The van der Waals surface area contributed by atoms with Gasteiger partial charge in [0.05, 0.1) is 6.42 Å². The Morgan fingerprint density at radius 3 is 2.22 bits per heavy atom. The number of thioether (sulfide) groups is 1. The van der Waals surface area contributed by atoms with Crippen LogP contribution in [0.2, 0.25) is 0 Å². The molecule has 1 atom stereocenters. The number of aliphatic carboxylic acids is 1. The van der Waals surface area contributed by atoms with Crippen molar-refractivity contribution in [2.45, 2.75) is 36.5 Å². The van der Waals surface area contributed by atoms with Gasteiger partial charge >= 0.3 is 5.97 Å². The van der Waals surface area contributed by atoms with Gasteiger partial charge in [-0.1, -0.05) is 26.0 Å². The van der Waals surface area contributed by atoms with Gasteiger partial charge in [-0.05, 0) is 31.8 Å². The van der Waals surface area contributed by atoms with Crippen LogP contribution in [-0.2, 0) is 4.79 Å². The van der Waals surface area contributed by atoms with E-state index < -0.39 is 5.97 Å². The minimum Gasteiger partial charge on any atom is -0.481 e. The van der Waals surface area contributed by atoms with Crippen molar-refractivity contribution in [3.63, 3.8) is 0 Å². The molecule has 3 nitrogen and oxygen atoms in total. The Hall–Kier alpha value is -1.00. The van der Waals surface area contributed by atoms with Crippen molar-refractivity contribution in [2.24, 2.45) is 0 Å². The molecule has 0 saturated heterocycles. The first-order valence-electron chi connectivity index (χ1n) is 6.05. The van der Waals surface area contributed by atoms with Crippen LogP contribution in [0.1, 0.15) is 31.9 Å². The molecule has 1 unspecified atom stereocenters. The first-order chi connectivity index (χ1) is 8.40. The zero-order valence-electron chi connectivity index (χ0n) is 11.4. The van der Waals surface area contributed by atoms with E-state index in [1.54, 1.807) is 0 Å². The summed E-state index contributed by atoms with van der Waals surface area (Å²) in [5, 5.41) is 9.49. The van der Waals surface area contributed by atoms with E-state index in [0.29, 0.717) is 5.25 Å². The highest BCUT2D eigenvalue weighted by Crippen LogP contribution is 2.27. The molecule has 1 N–H and O–H groups in total. The Labute approximate surface area is 113 Å². The number of hydrogen-bond donors (Lipinski definition) is 1. The summed E-state index contributed by atoms with van der Waals surface area (Å²) >= 11 is 1.81. The van der Waals surface area contributed by atoms with Crippen LogP contribution in [0.5, 0.6) is 0 Å². The van der Waals surface area contributed by atoms with E-state index in [9.17, 15) is 4.79 Å². The molecular weight excluding hydrogens is 246 g/mol. The van der Waals surface area contributed by atoms with Crippen molar-refractivity contribution in [3.05, 3.63) is 29.8 Å². The average Bonchev–Trinajstić information content (AvgIpc) is 2.26. The minimum atomic E-state index is -0.769. The number of rotatable bonds is 6. The van der Waals surface area contributed by atoms with Gasteiger partial charge in [-0.2, -0.15) is 0 Å². The Kier molecular flexibility index (Phi) is 5.69. The third-order valence-corrected chi connectivity index (χ3v) is 3.64. The van der Waals surface area contributed by atoms with E-state index >= 15 is 0 Å². The van der Waals surface area contributed by atoms with Crippen molar-refractivity contribution in [2.75, 3.05) is 14.1 Å². The zero-order chi connectivity index (χ0) is 13.7. The fourth-order valence-electron chi connectivity index (χ4n) is 1.80. The zero-order valence-corrected chi connectivity index (χ0v) is 12.2. The summed E-state index contributed by atoms with van der Waals surface area (Å²) in [5.74, 6) is -0.769. The second-order valence-corrected chi connectivity index (χ2v) is 6.46. The summed E-state index contributed by atoms with van der Waals surface area (Å²) in [6.45, 7) is 4.32. The standard InChI is InChI=1S/C14H21NO2S/c1-10(2)18-12-7-5-11(6-8-12)13(15(3)4)9-14(16)17/h5-8,10,13H,9H2,1-4H3,(H,16,17). The predicted molar refractivity (Wildman–Crippen MR) is 76.1 cm³/mol. The third kappa shape index (κ3) is 4.70. The molecule has 0 fully saturated rings. The van der Waals surface area contributed by atoms with Gasteiger partial charge < -0.3 is 10.0 Å². The van der Waals surface area contributed by atoms with Gasteiger partial charge in [-0.15, -0.1) is 11.8 Å². The monoisotopic (exact) mass is 267 g/mol. The number of carbonyl (C=O) groups is 1. The summed E-state index contributed by atoms with van der Waals surface area (Å²) < 4.78 is 0. The van der Waals surface area contributed by atoms with Crippen LogP contribution in [0.4, 0.5) is 0 Å².